The van der Waals surface area contributed by atoms with Gasteiger partial charge in [-0.1, -0.05) is 18.5 Å². The highest BCUT2D eigenvalue weighted by atomic mass is 35.5. The summed E-state index contributed by atoms with van der Waals surface area (Å²) >= 11 is 5.98. The summed E-state index contributed by atoms with van der Waals surface area (Å²) in [4.78, 5) is 0. The normalized spacial score (nSPS) is 19.7. The maximum absolute atomic E-state index is 13.0. The van der Waals surface area contributed by atoms with Crippen molar-refractivity contribution in [2.75, 3.05) is 5.32 Å². The molecule has 1 unspecified atom stereocenters. The molecule has 1 aliphatic rings. The molecule has 0 aliphatic heterocycles. The smallest absolute Gasteiger partial charge is 0.125 e. The van der Waals surface area contributed by atoms with Crippen molar-refractivity contribution in [3.8, 4) is 0 Å². The number of hydrogen-bond acceptors (Lipinski definition) is 1. The Morgan fingerprint density at radius 3 is 2.73 bits per heavy atom. The molecule has 1 nitrogen and oxygen atoms in total. The average molecular weight is 228 g/mol. The maximum Gasteiger partial charge on any atom is 0.125 e. The molecule has 0 aromatic heterocycles. The van der Waals surface area contributed by atoms with Crippen LogP contribution in [-0.2, 0) is 0 Å². The van der Waals surface area contributed by atoms with Gasteiger partial charge in [0.1, 0.15) is 5.82 Å². The Hall–Kier alpha value is -0.760. The third-order valence-corrected chi connectivity index (χ3v) is 3.71. The molecule has 2 rings (SSSR count). The zero-order chi connectivity index (χ0) is 11.1. The Kier molecular flexibility index (Phi) is 2.63. The summed E-state index contributed by atoms with van der Waals surface area (Å²) < 4.78 is 13.0. The van der Waals surface area contributed by atoms with Gasteiger partial charge in [-0.05, 0) is 43.4 Å². The van der Waals surface area contributed by atoms with Gasteiger partial charge in [0.25, 0.3) is 0 Å². The third-order valence-electron chi connectivity index (χ3n) is 3.38. The van der Waals surface area contributed by atoms with Crippen molar-refractivity contribution in [2.45, 2.75) is 32.7 Å². The second-order valence-corrected chi connectivity index (χ2v) is 5.05. The summed E-state index contributed by atoms with van der Waals surface area (Å²) in [5, 5.41) is 3.86. The van der Waals surface area contributed by atoms with Crippen molar-refractivity contribution in [3.05, 3.63) is 29.0 Å². The topological polar surface area (TPSA) is 12.0 Å². The van der Waals surface area contributed by atoms with Crippen LogP contribution < -0.4 is 5.32 Å². The standard InChI is InChI=1S/C12H15ClFN/c1-8(12(2)5-6-12)15-11-7-9(14)3-4-10(11)13/h3-4,7-8,15H,5-6H2,1-2H3. The molecule has 0 amide bonds. The van der Waals surface area contributed by atoms with Crippen molar-refractivity contribution in [2.24, 2.45) is 5.41 Å². The van der Waals surface area contributed by atoms with Crippen molar-refractivity contribution in [1.29, 1.82) is 0 Å². The van der Waals surface area contributed by atoms with Gasteiger partial charge in [-0.2, -0.15) is 0 Å². The first kappa shape index (κ1) is 10.7. The molecule has 15 heavy (non-hydrogen) atoms. The predicted octanol–water partition coefficient (Wildman–Crippen LogP) is 4.08. The van der Waals surface area contributed by atoms with E-state index >= 15 is 0 Å². The summed E-state index contributed by atoms with van der Waals surface area (Å²) in [6, 6.07) is 4.74. The first-order valence-corrected chi connectivity index (χ1v) is 5.61. The van der Waals surface area contributed by atoms with Crippen LogP contribution in [0.25, 0.3) is 0 Å². The van der Waals surface area contributed by atoms with Crippen LogP contribution in [0.3, 0.4) is 0 Å². The fraction of sp³-hybridized carbons (Fsp3) is 0.500. The maximum atomic E-state index is 13.0. The Labute approximate surface area is 94.6 Å². The average Bonchev–Trinajstić information content (AvgIpc) is 2.91. The van der Waals surface area contributed by atoms with E-state index < -0.39 is 0 Å². The molecule has 0 heterocycles. The van der Waals surface area contributed by atoms with Gasteiger partial charge >= 0.3 is 0 Å². The van der Waals surface area contributed by atoms with Crippen LogP contribution in [0.2, 0.25) is 5.02 Å². The Morgan fingerprint density at radius 2 is 2.13 bits per heavy atom. The highest BCUT2D eigenvalue weighted by Gasteiger charge is 2.42. The fourth-order valence-electron chi connectivity index (χ4n) is 1.65. The Balaban J connectivity index is 2.13. The zero-order valence-electron chi connectivity index (χ0n) is 8.98. The van der Waals surface area contributed by atoms with E-state index in [0.717, 1.165) is 0 Å². The van der Waals surface area contributed by atoms with Crippen molar-refractivity contribution < 1.29 is 4.39 Å². The number of hydrogen-bond donors (Lipinski definition) is 1. The van der Waals surface area contributed by atoms with E-state index in [4.69, 9.17) is 11.6 Å². The molecule has 1 saturated carbocycles. The highest BCUT2D eigenvalue weighted by Crippen LogP contribution is 2.49. The Bertz CT molecular complexity index is 374. The number of rotatable bonds is 3. The molecule has 1 aliphatic carbocycles. The highest BCUT2D eigenvalue weighted by molar-refractivity contribution is 6.33. The van der Waals surface area contributed by atoms with Gasteiger partial charge < -0.3 is 5.32 Å². The summed E-state index contributed by atoms with van der Waals surface area (Å²) in [7, 11) is 0. The quantitative estimate of drug-likeness (QED) is 0.821. The molecule has 0 spiro atoms. The molecule has 0 saturated heterocycles. The van der Waals surface area contributed by atoms with E-state index in [-0.39, 0.29) is 5.82 Å². The van der Waals surface area contributed by atoms with E-state index in [1.54, 1.807) is 6.07 Å². The van der Waals surface area contributed by atoms with E-state index in [2.05, 4.69) is 19.2 Å². The van der Waals surface area contributed by atoms with Gasteiger partial charge in [0, 0.05) is 6.04 Å². The van der Waals surface area contributed by atoms with E-state index in [0.29, 0.717) is 22.2 Å². The molecule has 1 aromatic rings. The number of anilines is 1. The third kappa shape index (κ3) is 2.25. The molecular formula is C12H15ClFN. The summed E-state index contributed by atoms with van der Waals surface area (Å²) in [6.45, 7) is 4.35. The SMILES string of the molecule is CC(Nc1cc(F)ccc1Cl)C1(C)CC1. The molecule has 0 radical (unpaired) electrons. The van der Waals surface area contributed by atoms with E-state index in [9.17, 15) is 4.39 Å². The first-order chi connectivity index (χ1) is 7.01. The summed E-state index contributed by atoms with van der Waals surface area (Å²) in [5.74, 6) is -0.255. The van der Waals surface area contributed by atoms with Crippen LogP contribution >= 0.6 is 11.6 Å². The minimum atomic E-state index is -0.255. The van der Waals surface area contributed by atoms with Gasteiger partial charge in [-0.3, -0.25) is 0 Å². The fourth-order valence-corrected chi connectivity index (χ4v) is 1.82. The van der Waals surface area contributed by atoms with Gasteiger partial charge in [0.2, 0.25) is 0 Å². The van der Waals surface area contributed by atoms with Crippen LogP contribution in [-0.4, -0.2) is 6.04 Å². The van der Waals surface area contributed by atoms with Crippen molar-refractivity contribution >= 4 is 17.3 Å². The van der Waals surface area contributed by atoms with E-state index in [1.807, 2.05) is 0 Å². The number of benzene rings is 1. The molecule has 1 atom stereocenters. The number of nitrogens with one attached hydrogen (secondary N) is 1. The molecule has 1 fully saturated rings. The molecule has 3 heteroatoms. The van der Waals surface area contributed by atoms with Crippen LogP contribution in [0, 0.1) is 11.2 Å². The minimum absolute atomic E-state index is 0.255. The van der Waals surface area contributed by atoms with Gasteiger partial charge in [0.05, 0.1) is 10.7 Å². The lowest BCUT2D eigenvalue weighted by atomic mass is 10.0. The zero-order valence-corrected chi connectivity index (χ0v) is 9.74. The monoisotopic (exact) mass is 227 g/mol. The lowest BCUT2D eigenvalue weighted by molar-refractivity contribution is 0.493. The Morgan fingerprint density at radius 1 is 1.47 bits per heavy atom. The lowest BCUT2D eigenvalue weighted by Gasteiger charge is -2.22. The summed E-state index contributed by atoms with van der Waals surface area (Å²) in [6.07, 6.45) is 2.46. The summed E-state index contributed by atoms with van der Waals surface area (Å²) in [5.41, 5.74) is 1.05. The van der Waals surface area contributed by atoms with Crippen molar-refractivity contribution in [1.82, 2.24) is 0 Å². The first-order valence-electron chi connectivity index (χ1n) is 5.23. The van der Waals surface area contributed by atoms with Gasteiger partial charge in [-0.25, -0.2) is 4.39 Å². The number of halogens is 2. The second kappa shape index (κ2) is 3.67. The molecule has 1 N–H and O–H groups in total. The largest absolute Gasteiger partial charge is 0.381 e. The van der Waals surface area contributed by atoms with E-state index in [1.165, 1.54) is 25.0 Å². The minimum Gasteiger partial charge on any atom is -0.381 e. The van der Waals surface area contributed by atoms with Crippen LogP contribution in [0.5, 0.6) is 0 Å². The van der Waals surface area contributed by atoms with Crippen LogP contribution in [0.1, 0.15) is 26.7 Å². The van der Waals surface area contributed by atoms with Crippen molar-refractivity contribution in [3.63, 3.8) is 0 Å². The van der Waals surface area contributed by atoms with Gasteiger partial charge in [-0.15, -0.1) is 0 Å². The lowest BCUT2D eigenvalue weighted by Crippen LogP contribution is -2.25. The molecular weight excluding hydrogens is 213 g/mol. The molecule has 82 valence electrons. The predicted molar refractivity (Wildman–Crippen MR) is 61.8 cm³/mol. The molecule has 0 bridgehead atoms. The molecule has 1 aromatic carbocycles. The van der Waals surface area contributed by atoms with Crippen LogP contribution in [0.4, 0.5) is 10.1 Å². The van der Waals surface area contributed by atoms with Crippen LogP contribution in [0.15, 0.2) is 18.2 Å². The second-order valence-electron chi connectivity index (χ2n) is 4.64. The van der Waals surface area contributed by atoms with Gasteiger partial charge in [0.15, 0.2) is 0 Å².